The monoisotopic (exact) mass is 508 g/mol. The van der Waals surface area contributed by atoms with Gasteiger partial charge in [0, 0.05) is 79.0 Å². The molecule has 3 aliphatic heterocycles. The van der Waals surface area contributed by atoms with Crippen LogP contribution in [0.5, 0.6) is 0 Å². The number of carbonyl (C=O) groups excluding carboxylic acids is 1. The second-order valence-corrected chi connectivity index (χ2v) is 12.7. The molecule has 4 fully saturated rings. The molecule has 0 unspecified atom stereocenters. The smallest absolute Gasteiger partial charge is 0.253 e. The fourth-order valence-corrected chi connectivity index (χ4v) is 8.33. The van der Waals surface area contributed by atoms with Crippen molar-refractivity contribution in [3.05, 3.63) is 35.5 Å². The molecule has 0 radical (unpaired) electrons. The zero-order chi connectivity index (χ0) is 24.4. The topological polar surface area (TPSA) is 42.6 Å². The Morgan fingerprint density at radius 2 is 1.42 bits per heavy atom. The van der Waals surface area contributed by atoms with Crippen molar-refractivity contribution in [3.63, 3.8) is 0 Å². The van der Waals surface area contributed by atoms with Gasteiger partial charge in [-0.15, -0.1) is 0 Å². The number of amides is 1. The Labute approximate surface area is 221 Å². The van der Waals surface area contributed by atoms with Gasteiger partial charge in [0.2, 0.25) is 0 Å². The fourth-order valence-electron chi connectivity index (χ4n) is 7.42. The molecule has 0 bridgehead atoms. The number of hydrogen-bond acceptors (Lipinski definition) is 4. The Balaban J connectivity index is 1.43. The van der Waals surface area contributed by atoms with E-state index in [1.54, 1.807) is 0 Å². The molecule has 5 nitrogen and oxygen atoms in total. The third-order valence-electron chi connectivity index (χ3n) is 9.47. The van der Waals surface area contributed by atoms with Crippen LogP contribution in [0, 0.1) is 5.92 Å². The van der Waals surface area contributed by atoms with E-state index in [0.29, 0.717) is 5.92 Å². The maximum absolute atomic E-state index is 13.3. The van der Waals surface area contributed by atoms with Crippen molar-refractivity contribution in [2.24, 2.45) is 5.92 Å². The summed E-state index contributed by atoms with van der Waals surface area (Å²) in [5.74, 6) is 2.99. The number of rotatable bonds is 5. The van der Waals surface area contributed by atoms with Crippen molar-refractivity contribution in [1.82, 2.24) is 19.7 Å². The first-order chi connectivity index (χ1) is 17.8. The van der Waals surface area contributed by atoms with E-state index >= 15 is 0 Å². The highest BCUT2D eigenvalue weighted by molar-refractivity contribution is 7.99. The number of H-pyrrole nitrogens is 1. The highest BCUT2D eigenvalue weighted by Gasteiger charge is 2.52. The lowest BCUT2D eigenvalue weighted by Gasteiger charge is -2.57. The third-order valence-corrected chi connectivity index (χ3v) is 10.4. The average molecular weight is 509 g/mol. The van der Waals surface area contributed by atoms with E-state index in [1.165, 1.54) is 108 Å². The standard InChI is InChI=1S/C30H44N4OS/c35-29(32-18-20-36-21-19-32)24-12-13-26-27(23-31-28(26)22-24)30(25-10-9-11-25,33-14-5-1-2-6-15-33)34-16-7-3-4-8-17-34/h12-13,22-23,25,31H,1-11,14-21H2. The molecular weight excluding hydrogens is 464 g/mol. The molecule has 1 aliphatic carbocycles. The van der Waals surface area contributed by atoms with Gasteiger partial charge >= 0.3 is 0 Å². The summed E-state index contributed by atoms with van der Waals surface area (Å²) >= 11 is 1.95. The minimum atomic E-state index is -0.0131. The SMILES string of the molecule is O=C(c1ccc2c(C(C3CCC3)(N3CCCCCC3)N3CCCCCC3)c[nH]c2c1)N1CCSCC1. The molecule has 6 rings (SSSR count). The van der Waals surface area contributed by atoms with Gasteiger partial charge in [0.25, 0.3) is 5.91 Å². The quantitative estimate of drug-likeness (QED) is 0.533. The minimum absolute atomic E-state index is 0.0131. The Morgan fingerprint density at radius 1 is 0.806 bits per heavy atom. The summed E-state index contributed by atoms with van der Waals surface area (Å²) in [5.41, 5.74) is 3.44. The number of hydrogen-bond donors (Lipinski definition) is 1. The normalized spacial score (nSPS) is 23.8. The number of nitrogens with zero attached hydrogens (tertiary/aromatic N) is 3. The van der Waals surface area contributed by atoms with Gasteiger partial charge < -0.3 is 9.88 Å². The number of aromatic amines is 1. The molecule has 1 amide bonds. The van der Waals surface area contributed by atoms with E-state index in [1.807, 2.05) is 16.7 Å². The molecule has 1 aromatic carbocycles. The molecule has 4 aliphatic rings. The van der Waals surface area contributed by atoms with E-state index in [4.69, 9.17) is 0 Å². The van der Waals surface area contributed by atoms with Gasteiger partial charge in [-0.05, 0) is 56.6 Å². The second kappa shape index (κ2) is 11.1. The number of benzene rings is 1. The van der Waals surface area contributed by atoms with E-state index in [0.717, 1.165) is 35.7 Å². The van der Waals surface area contributed by atoms with Gasteiger partial charge in [-0.3, -0.25) is 14.6 Å². The van der Waals surface area contributed by atoms with Crippen LogP contribution in [0.25, 0.3) is 10.9 Å². The Hall–Kier alpha value is -1.50. The second-order valence-electron chi connectivity index (χ2n) is 11.5. The maximum atomic E-state index is 13.3. The minimum Gasteiger partial charge on any atom is -0.361 e. The maximum Gasteiger partial charge on any atom is 0.253 e. The van der Waals surface area contributed by atoms with Crippen molar-refractivity contribution in [1.29, 1.82) is 0 Å². The molecule has 1 saturated carbocycles. The summed E-state index contributed by atoms with van der Waals surface area (Å²) in [6.45, 7) is 6.58. The van der Waals surface area contributed by atoms with Gasteiger partial charge in [0.05, 0.1) is 0 Å². The van der Waals surface area contributed by atoms with E-state index < -0.39 is 0 Å². The summed E-state index contributed by atoms with van der Waals surface area (Å²) in [4.78, 5) is 24.8. The molecule has 3 saturated heterocycles. The first-order valence-corrected chi connectivity index (χ1v) is 15.9. The predicted molar refractivity (Wildman–Crippen MR) is 151 cm³/mol. The summed E-state index contributed by atoms with van der Waals surface area (Å²) in [5, 5.41) is 1.33. The van der Waals surface area contributed by atoms with E-state index in [-0.39, 0.29) is 11.6 Å². The van der Waals surface area contributed by atoms with Crippen LogP contribution in [0.3, 0.4) is 0 Å². The summed E-state index contributed by atoms with van der Waals surface area (Å²) in [7, 11) is 0. The molecule has 2 aromatic rings. The van der Waals surface area contributed by atoms with E-state index in [9.17, 15) is 4.79 Å². The van der Waals surface area contributed by atoms with Gasteiger partial charge in [-0.2, -0.15) is 11.8 Å². The average Bonchev–Trinajstić information content (AvgIpc) is 3.07. The molecule has 1 N–H and O–H groups in total. The van der Waals surface area contributed by atoms with Crippen LogP contribution in [-0.4, -0.2) is 76.4 Å². The first-order valence-electron chi connectivity index (χ1n) is 14.8. The first kappa shape index (κ1) is 24.8. The van der Waals surface area contributed by atoms with Gasteiger partial charge in [0.1, 0.15) is 5.66 Å². The van der Waals surface area contributed by atoms with Gasteiger partial charge in [0.15, 0.2) is 0 Å². The predicted octanol–water partition coefficient (Wildman–Crippen LogP) is 6.06. The van der Waals surface area contributed by atoms with Crippen molar-refractivity contribution in [2.45, 2.75) is 76.3 Å². The Morgan fingerprint density at radius 3 is 1.97 bits per heavy atom. The summed E-state index contributed by atoms with van der Waals surface area (Å²) < 4.78 is 0. The lowest BCUT2D eigenvalue weighted by molar-refractivity contribution is -0.128. The highest BCUT2D eigenvalue weighted by Crippen LogP contribution is 2.51. The molecule has 0 spiro atoms. The van der Waals surface area contributed by atoms with Crippen molar-refractivity contribution < 1.29 is 4.79 Å². The van der Waals surface area contributed by atoms with Crippen LogP contribution in [0.15, 0.2) is 24.4 Å². The van der Waals surface area contributed by atoms with Crippen LogP contribution < -0.4 is 0 Å². The van der Waals surface area contributed by atoms with Crippen LogP contribution in [-0.2, 0) is 5.66 Å². The molecular formula is C30H44N4OS. The van der Waals surface area contributed by atoms with Crippen molar-refractivity contribution in [2.75, 3.05) is 50.8 Å². The fraction of sp³-hybridized carbons (Fsp3) is 0.700. The Kier molecular flexibility index (Phi) is 7.64. The highest BCUT2D eigenvalue weighted by atomic mass is 32.2. The number of nitrogens with one attached hydrogen (secondary N) is 1. The number of likely N-dealkylation sites (tertiary alicyclic amines) is 2. The van der Waals surface area contributed by atoms with Gasteiger partial charge in [-0.25, -0.2) is 0 Å². The summed E-state index contributed by atoms with van der Waals surface area (Å²) in [6.07, 6.45) is 17.1. The van der Waals surface area contributed by atoms with Crippen molar-refractivity contribution in [3.8, 4) is 0 Å². The molecule has 6 heteroatoms. The largest absolute Gasteiger partial charge is 0.361 e. The summed E-state index contributed by atoms with van der Waals surface area (Å²) in [6, 6.07) is 6.52. The van der Waals surface area contributed by atoms with Crippen LogP contribution >= 0.6 is 11.8 Å². The van der Waals surface area contributed by atoms with Crippen LogP contribution in [0.4, 0.5) is 0 Å². The zero-order valence-corrected chi connectivity index (χ0v) is 22.8. The number of fused-ring (bicyclic) bond motifs is 1. The number of aromatic nitrogens is 1. The lowest BCUT2D eigenvalue weighted by Crippen LogP contribution is -2.64. The molecule has 196 valence electrons. The molecule has 1 aromatic heterocycles. The Bertz CT molecular complexity index is 1000. The number of thioether (sulfide) groups is 1. The zero-order valence-electron chi connectivity index (χ0n) is 22.0. The lowest BCUT2D eigenvalue weighted by atomic mass is 9.70. The van der Waals surface area contributed by atoms with E-state index in [2.05, 4.69) is 39.2 Å². The van der Waals surface area contributed by atoms with Crippen LogP contribution in [0.2, 0.25) is 0 Å². The van der Waals surface area contributed by atoms with Gasteiger partial charge in [-0.1, -0.05) is 38.2 Å². The third kappa shape index (κ3) is 4.52. The van der Waals surface area contributed by atoms with Crippen LogP contribution in [0.1, 0.15) is 86.6 Å². The van der Waals surface area contributed by atoms with Crippen molar-refractivity contribution >= 4 is 28.6 Å². The molecule has 4 heterocycles. The number of carbonyl (C=O) groups is 1. The molecule has 36 heavy (non-hydrogen) atoms. The molecule has 0 atom stereocenters.